The molecule has 0 unspecified atom stereocenters. The highest BCUT2D eigenvalue weighted by Gasteiger charge is 2.51. The van der Waals surface area contributed by atoms with Crippen molar-refractivity contribution < 1.29 is 24.0 Å². The Kier molecular flexibility index (Phi) is 4.15. The van der Waals surface area contributed by atoms with Crippen molar-refractivity contribution in [3.8, 4) is 11.5 Å². The van der Waals surface area contributed by atoms with E-state index in [1.54, 1.807) is 14.2 Å². The zero-order chi connectivity index (χ0) is 17.3. The van der Waals surface area contributed by atoms with Crippen molar-refractivity contribution in [2.75, 3.05) is 27.4 Å². The van der Waals surface area contributed by atoms with E-state index in [-0.39, 0.29) is 0 Å². The predicted molar refractivity (Wildman–Crippen MR) is 91.6 cm³/mol. The lowest BCUT2D eigenvalue weighted by Crippen LogP contribution is -2.43. The van der Waals surface area contributed by atoms with E-state index in [1.165, 1.54) is 0 Å². The molecule has 0 aliphatic carbocycles. The highest BCUT2D eigenvalue weighted by molar-refractivity contribution is 5.34. The Morgan fingerprint density at radius 2 is 1.08 bits per heavy atom. The molecule has 0 amide bonds. The Hall–Kier alpha value is -2.08. The molecular weight excluding hydrogens is 320 g/mol. The highest BCUT2D eigenvalue weighted by Crippen LogP contribution is 2.48. The minimum absolute atomic E-state index is 0.469. The first-order valence-corrected chi connectivity index (χ1v) is 8.43. The van der Waals surface area contributed by atoms with Crippen LogP contribution in [0.5, 0.6) is 11.5 Å². The second-order valence-corrected chi connectivity index (χ2v) is 6.61. The van der Waals surface area contributed by atoms with E-state index in [2.05, 4.69) is 0 Å². The third-order valence-corrected chi connectivity index (χ3v) is 5.20. The number of hydrogen-bond acceptors (Lipinski definition) is 5. The van der Waals surface area contributed by atoms with Crippen molar-refractivity contribution in [3.05, 3.63) is 59.7 Å². The van der Waals surface area contributed by atoms with E-state index in [9.17, 15) is 0 Å². The third-order valence-electron chi connectivity index (χ3n) is 5.20. The summed E-state index contributed by atoms with van der Waals surface area (Å²) in [6.45, 7) is 0.939. The molecule has 0 aromatic heterocycles. The van der Waals surface area contributed by atoms with Gasteiger partial charge in [-0.2, -0.15) is 0 Å². The van der Waals surface area contributed by atoms with Gasteiger partial charge in [0.25, 0.3) is 0 Å². The fraction of sp³-hybridized carbons (Fsp3) is 0.400. The summed E-state index contributed by atoms with van der Waals surface area (Å²) in [6.07, 6.45) is 1.65. The molecule has 3 fully saturated rings. The Morgan fingerprint density at radius 3 is 1.40 bits per heavy atom. The van der Waals surface area contributed by atoms with Crippen LogP contribution < -0.4 is 9.47 Å². The molecule has 2 aromatic carbocycles. The van der Waals surface area contributed by atoms with Crippen LogP contribution in [0.15, 0.2) is 48.5 Å². The summed E-state index contributed by atoms with van der Waals surface area (Å²) in [7, 11) is 3.32. The molecule has 132 valence electrons. The number of ether oxygens (including phenoxy) is 3. The molecule has 2 bridgehead atoms. The van der Waals surface area contributed by atoms with Crippen LogP contribution in [-0.2, 0) is 25.7 Å². The molecule has 0 radical (unpaired) electrons. The Bertz CT molecular complexity index is 651. The van der Waals surface area contributed by atoms with Gasteiger partial charge in [0, 0.05) is 0 Å². The summed E-state index contributed by atoms with van der Waals surface area (Å²) in [5.74, 6) is 1.64. The molecule has 5 rings (SSSR count). The van der Waals surface area contributed by atoms with E-state index >= 15 is 0 Å². The van der Waals surface area contributed by atoms with Crippen LogP contribution in [0.1, 0.15) is 24.0 Å². The van der Waals surface area contributed by atoms with Crippen LogP contribution in [0.2, 0.25) is 0 Å². The van der Waals surface area contributed by atoms with Gasteiger partial charge in [-0.1, -0.05) is 24.3 Å². The summed E-state index contributed by atoms with van der Waals surface area (Å²) < 4.78 is 16.5. The van der Waals surface area contributed by atoms with Gasteiger partial charge in [-0.05, 0) is 48.2 Å². The number of methoxy groups -OCH3 is 2. The van der Waals surface area contributed by atoms with E-state index < -0.39 is 11.2 Å². The van der Waals surface area contributed by atoms with Gasteiger partial charge in [0.2, 0.25) is 0 Å². The summed E-state index contributed by atoms with van der Waals surface area (Å²) >= 11 is 0. The van der Waals surface area contributed by atoms with E-state index in [1.807, 2.05) is 48.5 Å². The van der Waals surface area contributed by atoms with Crippen molar-refractivity contribution in [2.24, 2.45) is 0 Å². The smallest absolute Gasteiger partial charge is 0.152 e. The molecule has 5 nitrogen and oxygen atoms in total. The van der Waals surface area contributed by atoms with Crippen LogP contribution in [0, 0.1) is 0 Å². The molecule has 2 aromatic rings. The first-order valence-electron chi connectivity index (χ1n) is 8.43. The maximum atomic E-state index is 6.00. The average molecular weight is 342 g/mol. The first-order chi connectivity index (χ1) is 12.2. The second-order valence-electron chi connectivity index (χ2n) is 6.61. The van der Waals surface area contributed by atoms with Gasteiger partial charge in [0.05, 0.1) is 27.4 Å². The molecule has 3 saturated heterocycles. The van der Waals surface area contributed by atoms with E-state index in [0.717, 1.165) is 35.5 Å². The van der Waals surface area contributed by atoms with Crippen LogP contribution >= 0.6 is 0 Å². The molecule has 5 heteroatoms. The average Bonchev–Trinajstić information content (AvgIpc) is 3.00. The van der Waals surface area contributed by atoms with Crippen LogP contribution in [0.4, 0.5) is 0 Å². The third kappa shape index (κ3) is 2.78. The molecule has 25 heavy (non-hydrogen) atoms. The van der Waals surface area contributed by atoms with Gasteiger partial charge < -0.3 is 14.2 Å². The minimum atomic E-state index is -0.571. The van der Waals surface area contributed by atoms with E-state index in [0.29, 0.717) is 13.2 Å². The van der Waals surface area contributed by atoms with Crippen LogP contribution in [-0.4, -0.2) is 27.4 Å². The lowest BCUT2D eigenvalue weighted by Gasteiger charge is -2.40. The predicted octanol–water partition coefficient (Wildman–Crippen LogP) is 3.57. The maximum Gasteiger partial charge on any atom is 0.152 e. The monoisotopic (exact) mass is 342 g/mol. The van der Waals surface area contributed by atoms with Gasteiger partial charge in [-0.25, -0.2) is 9.78 Å². The summed E-state index contributed by atoms with van der Waals surface area (Å²) in [5.41, 5.74) is 0.939. The molecule has 2 atom stereocenters. The number of rotatable bonds is 4. The second kappa shape index (κ2) is 6.33. The lowest BCUT2D eigenvalue weighted by atomic mass is 9.82. The van der Waals surface area contributed by atoms with Gasteiger partial charge >= 0.3 is 0 Å². The van der Waals surface area contributed by atoms with Crippen molar-refractivity contribution in [3.63, 3.8) is 0 Å². The molecule has 3 heterocycles. The SMILES string of the molecule is COc1ccc([C@@]23CC[C@@](c4ccc(OC)cc4)(COC2)OO3)cc1. The normalized spacial score (nSPS) is 28.4. The first kappa shape index (κ1) is 16.4. The Morgan fingerprint density at radius 1 is 0.680 bits per heavy atom. The van der Waals surface area contributed by atoms with Crippen molar-refractivity contribution >= 4 is 0 Å². The fourth-order valence-corrected chi connectivity index (χ4v) is 3.56. The van der Waals surface area contributed by atoms with Crippen LogP contribution in [0.25, 0.3) is 0 Å². The standard InChI is InChI=1S/C20H22O5/c1-21-17-7-3-15(4-8-17)19-11-12-20(25-24-19,14-23-13-19)16-5-9-18(22-2)10-6-16/h3-10H,11-14H2,1-2H3/t19-,20+. The van der Waals surface area contributed by atoms with Gasteiger partial charge in [0.15, 0.2) is 11.2 Å². The zero-order valence-corrected chi connectivity index (χ0v) is 14.5. The quantitative estimate of drug-likeness (QED) is 0.795. The van der Waals surface area contributed by atoms with Gasteiger partial charge in [0.1, 0.15) is 11.5 Å². The lowest BCUT2D eigenvalue weighted by molar-refractivity contribution is -0.438. The van der Waals surface area contributed by atoms with Crippen molar-refractivity contribution in [1.29, 1.82) is 0 Å². The van der Waals surface area contributed by atoms with E-state index in [4.69, 9.17) is 24.0 Å². The molecular formula is C20H22O5. The number of fused-ring (bicyclic) bond motifs is 4. The molecule has 0 N–H and O–H groups in total. The molecule has 3 aliphatic rings. The summed E-state index contributed by atoms with van der Waals surface area (Å²) in [4.78, 5) is 11.9. The summed E-state index contributed by atoms with van der Waals surface area (Å²) in [6, 6.07) is 15.8. The van der Waals surface area contributed by atoms with Crippen LogP contribution in [0.3, 0.4) is 0 Å². The molecule has 3 aliphatic heterocycles. The number of hydrogen-bond donors (Lipinski definition) is 0. The fourth-order valence-electron chi connectivity index (χ4n) is 3.56. The Labute approximate surface area is 147 Å². The maximum absolute atomic E-state index is 6.00. The largest absolute Gasteiger partial charge is 0.497 e. The number of benzene rings is 2. The minimum Gasteiger partial charge on any atom is -0.497 e. The molecule has 0 spiro atoms. The topological polar surface area (TPSA) is 46.2 Å². The van der Waals surface area contributed by atoms with Gasteiger partial charge in [-0.15, -0.1) is 0 Å². The van der Waals surface area contributed by atoms with Crippen molar-refractivity contribution in [2.45, 2.75) is 24.0 Å². The highest BCUT2D eigenvalue weighted by atomic mass is 17.2. The van der Waals surface area contributed by atoms with Gasteiger partial charge in [-0.3, -0.25) is 0 Å². The van der Waals surface area contributed by atoms with Crippen molar-refractivity contribution in [1.82, 2.24) is 0 Å². The molecule has 0 saturated carbocycles. The summed E-state index contributed by atoms with van der Waals surface area (Å²) in [5, 5.41) is 0. The zero-order valence-electron chi connectivity index (χ0n) is 14.5. The Balaban J connectivity index is 1.60.